The zero-order valence-electron chi connectivity index (χ0n) is 14.7. The van der Waals surface area contributed by atoms with Crippen molar-refractivity contribution in [1.82, 2.24) is 0 Å². The topological polar surface area (TPSA) is 62.6 Å². The number of fused-ring (bicyclic) bond motifs is 2. The molecule has 26 heavy (non-hydrogen) atoms. The van der Waals surface area contributed by atoms with Gasteiger partial charge in [-0.3, -0.25) is 15.1 Å². The highest BCUT2D eigenvalue weighted by Gasteiger charge is 2.25. The average molecular weight is 347 g/mol. The van der Waals surface area contributed by atoms with Crippen molar-refractivity contribution < 1.29 is 9.49 Å². The second-order valence-electron chi connectivity index (χ2n) is 6.58. The summed E-state index contributed by atoms with van der Waals surface area (Å²) >= 11 is 0. The number of anilines is 1. The molecule has 0 saturated heterocycles. The number of pyridine rings is 1. The molecule has 0 radical (unpaired) electrons. The Morgan fingerprint density at radius 3 is 2.85 bits per heavy atom. The molecule has 6 nitrogen and oxygen atoms in total. The first-order chi connectivity index (χ1) is 12.6. The number of aryl methyl sites for hydroxylation is 1. The van der Waals surface area contributed by atoms with E-state index in [9.17, 15) is 10.1 Å². The first-order valence-corrected chi connectivity index (χ1v) is 8.53. The van der Waals surface area contributed by atoms with Crippen LogP contribution >= 0.6 is 0 Å². The molecule has 130 valence electrons. The van der Waals surface area contributed by atoms with Crippen LogP contribution in [0.4, 0.5) is 11.4 Å². The molecule has 0 saturated carbocycles. The Kier molecular flexibility index (Phi) is 3.88. The van der Waals surface area contributed by atoms with Crippen LogP contribution in [0.5, 0.6) is 0 Å². The Morgan fingerprint density at radius 1 is 1.23 bits per heavy atom. The van der Waals surface area contributed by atoms with Crippen LogP contribution in [0.1, 0.15) is 18.1 Å². The number of benzene rings is 2. The van der Waals surface area contributed by atoms with Gasteiger partial charge in [0, 0.05) is 17.7 Å². The normalized spacial score (nSPS) is 16.4. The highest BCUT2D eigenvalue weighted by molar-refractivity contribution is 6.00. The minimum atomic E-state index is -0.345. The summed E-state index contributed by atoms with van der Waals surface area (Å²) in [5.74, 6) is 0. The highest BCUT2D eigenvalue weighted by Crippen LogP contribution is 2.32. The molecule has 1 atom stereocenters. The van der Waals surface area contributed by atoms with E-state index in [2.05, 4.69) is 19.1 Å². The maximum absolute atomic E-state index is 11.4. The van der Waals surface area contributed by atoms with Crippen molar-refractivity contribution in [3.8, 4) is 0 Å². The zero-order chi connectivity index (χ0) is 18.3. The third kappa shape index (κ3) is 2.60. The van der Waals surface area contributed by atoms with E-state index < -0.39 is 0 Å². The number of rotatable bonds is 3. The fraction of sp³-hybridized carbons (Fsp3) is 0.200. The molecule has 2 heterocycles. The van der Waals surface area contributed by atoms with E-state index in [0.29, 0.717) is 5.52 Å². The van der Waals surface area contributed by atoms with Gasteiger partial charge in [-0.15, -0.1) is 0 Å². The molecule has 1 aliphatic heterocycles. The second kappa shape index (κ2) is 6.22. The van der Waals surface area contributed by atoms with E-state index in [1.54, 1.807) is 16.8 Å². The van der Waals surface area contributed by atoms with Crippen molar-refractivity contribution in [2.45, 2.75) is 19.4 Å². The number of para-hydroxylation sites is 2. The van der Waals surface area contributed by atoms with Crippen molar-refractivity contribution in [2.75, 3.05) is 5.01 Å². The lowest BCUT2D eigenvalue weighted by molar-refractivity contribution is -0.646. The summed E-state index contributed by atoms with van der Waals surface area (Å²) in [6, 6.07) is 15.6. The SMILES string of the molecule is CC1Cc2ccccc2N1N=Cc1cc[n+](C)c2c([N+](=O)[O-])cccc12. The summed E-state index contributed by atoms with van der Waals surface area (Å²) in [6.45, 7) is 2.14. The van der Waals surface area contributed by atoms with Gasteiger partial charge >= 0.3 is 5.69 Å². The van der Waals surface area contributed by atoms with Crippen LogP contribution in [0, 0.1) is 10.1 Å². The summed E-state index contributed by atoms with van der Waals surface area (Å²) < 4.78 is 1.78. The van der Waals surface area contributed by atoms with Gasteiger partial charge in [-0.25, -0.2) is 0 Å². The van der Waals surface area contributed by atoms with Crippen LogP contribution in [-0.2, 0) is 13.5 Å². The van der Waals surface area contributed by atoms with E-state index in [0.717, 1.165) is 23.1 Å². The summed E-state index contributed by atoms with van der Waals surface area (Å²) in [7, 11) is 1.81. The summed E-state index contributed by atoms with van der Waals surface area (Å²) in [5, 5.41) is 18.9. The number of non-ortho nitro benzene ring substituents is 1. The van der Waals surface area contributed by atoms with Crippen LogP contribution in [0.3, 0.4) is 0 Å². The Bertz CT molecular complexity index is 1050. The lowest BCUT2D eigenvalue weighted by Gasteiger charge is -2.18. The molecule has 0 fully saturated rings. The van der Waals surface area contributed by atoms with Gasteiger partial charge in [0.15, 0.2) is 6.20 Å². The lowest BCUT2D eigenvalue weighted by Crippen LogP contribution is -2.29. The Balaban J connectivity index is 1.79. The molecule has 1 unspecified atom stereocenters. The fourth-order valence-corrected chi connectivity index (χ4v) is 3.60. The Morgan fingerprint density at radius 2 is 2.04 bits per heavy atom. The van der Waals surface area contributed by atoms with E-state index in [1.165, 1.54) is 11.6 Å². The minimum absolute atomic E-state index is 0.0973. The summed E-state index contributed by atoms with van der Waals surface area (Å²) in [5.41, 5.74) is 3.96. The van der Waals surface area contributed by atoms with Gasteiger partial charge in [0.1, 0.15) is 7.05 Å². The molecule has 0 amide bonds. The quantitative estimate of drug-likeness (QED) is 0.316. The molecular weight excluding hydrogens is 328 g/mol. The van der Waals surface area contributed by atoms with Crippen LogP contribution < -0.4 is 9.58 Å². The standard InChI is InChI=1S/C20H19N4O2/c1-14-12-15-6-3-4-8-18(15)23(14)21-13-16-10-11-22(2)20-17(16)7-5-9-19(20)24(25)26/h3-11,13-14H,12H2,1-2H3/q+1. The fourth-order valence-electron chi connectivity index (χ4n) is 3.60. The van der Waals surface area contributed by atoms with Crippen molar-refractivity contribution in [1.29, 1.82) is 0 Å². The molecule has 2 aromatic carbocycles. The number of hydrogen-bond donors (Lipinski definition) is 0. The molecule has 0 bridgehead atoms. The van der Waals surface area contributed by atoms with Crippen molar-refractivity contribution in [3.63, 3.8) is 0 Å². The van der Waals surface area contributed by atoms with Crippen LogP contribution in [0.2, 0.25) is 0 Å². The number of nitrogens with zero attached hydrogens (tertiary/aromatic N) is 4. The van der Waals surface area contributed by atoms with E-state index in [-0.39, 0.29) is 16.7 Å². The molecule has 0 N–H and O–H groups in total. The first kappa shape index (κ1) is 16.2. The average Bonchev–Trinajstić information content (AvgIpc) is 2.96. The van der Waals surface area contributed by atoms with Crippen LogP contribution in [0.15, 0.2) is 59.8 Å². The maximum Gasteiger partial charge on any atom is 0.340 e. The number of nitro groups is 1. The largest absolute Gasteiger partial charge is 0.340 e. The molecule has 4 rings (SSSR count). The zero-order valence-corrected chi connectivity index (χ0v) is 14.7. The van der Waals surface area contributed by atoms with Gasteiger partial charge in [-0.05, 0) is 31.0 Å². The van der Waals surface area contributed by atoms with E-state index in [1.807, 2.05) is 42.5 Å². The van der Waals surface area contributed by atoms with Gasteiger partial charge in [0.2, 0.25) is 0 Å². The maximum atomic E-state index is 11.4. The second-order valence-corrected chi connectivity index (χ2v) is 6.58. The molecule has 6 heteroatoms. The monoisotopic (exact) mass is 347 g/mol. The third-order valence-corrected chi connectivity index (χ3v) is 4.85. The smallest absolute Gasteiger partial charge is 0.262 e. The number of hydrogen-bond acceptors (Lipinski definition) is 4. The van der Waals surface area contributed by atoms with Gasteiger partial charge in [-0.1, -0.05) is 24.3 Å². The predicted molar refractivity (Wildman–Crippen MR) is 101 cm³/mol. The van der Waals surface area contributed by atoms with Crippen LogP contribution in [-0.4, -0.2) is 17.2 Å². The minimum Gasteiger partial charge on any atom is -0.262 e. The van der Waals surface area contributed by atoms with Crippen LogP contribution in [0.25, 0.3) is 10.9 Å². The molecule has 1 aromatic heterocycles. The summed E-state index contributed by atoms with van der Waals surface area (Å²) in [4.78, 5) is 11.0. The Labute approximate surface area is 151 Å². The number of nitro benzene ring substituents is 1. The Hall–Kier alpha value is -3.28. The first-order valence-electron chi connectivity index (χ1n) is 8.53. The van der Waals surface area contributed by atoms with Crippen molar-refractivity contribution in [2.24, 2.45) is 12.1 Å². The van der Waals surface area contributed by atoms with Gasteiger partial charge in [-0.2, -0.15) is 9.67 Å². The van der Waals surface area contributed by atoms with Crippen molar-refractivity contribution >= 4 is 28.5 Å². The third-order valence-electron chi connectivity index (χ3n) is 4.85. The van der Waals surface area contributed by atoms with Gasteiger partial charge in [0.05, 0.1) is 28.3 Å². The van der Waals surface area contributed by atoms with E-state index in [4.69, 9.17) is 5.10 Å². The molecule has 3 aromatic rings. The van der Waals surface area contributed by atoms with Crippen molar-refractivity contribution in [3.05, 3.63) is 76.0 Å². The molecular formula is C20H19N4O2+. The van der Waals surface area contributed by atoms with E-state index >= 15 is 0 Å². The lowest BCUT2D eigenvalue weighted by atomic mass is 10.1. The molecule has 0 aliphatic carbocycles. The number of aromatic nitrogens is 1. The highest BCUT2D eigenvalue weighted by atomic mass is 16.6. The van der Waals surface area contributed by atoms with Gasteiger partial charge in [0.25, 0.3) is 5.52 Å². The molecule has 0 spiro atoms. The predicted octanol–water partition coefficient (Wildman–Crippen LogP) is 3.36. The van der Waals surface area contributed by atoms with Gasteiger partial charge < -0.3 is 0 Å². The molecule has 1 aliphatic rings. The summed E-state index contributed by atoms with van der Waals surface area (Å²) in [6.07, 6.45) is 4.59. The number of hydrazone groups is 1.